The number of hydrogen-bond acceptors (Lipinski definition) is 4. The van der Waals surface area contributed by atoms with Gasteiger partial charge in [-0.3, -0.25) is 9.59 Å². The van der Waals surface area contributed by atoms with Crippen molar-refractivity contribution in [3.05, 3.63) is 30.3 Å². The Labute approximate surface area is 118 Å². The van der Waals surface area contributed by atoms with E-state index in [9.17, 15) is 9.59 Å². The summed E-state index contributed by atoms with van der Waals surface area (Å²) in [5, 5.41) is 5.69. The maximum absolute atomic E-state index is 12.2. The summed E-state index contributed by atoms with van der Waals surface area (Å²) in [5.74, 6) is 0.307. The molecule has 0 aromatic heterocycles. The number of rotatable bonds is 4. The van der Waals surface area contributed by atoms with Crippen molar-refractivity contribution in [2.24, 2.45) is 0 Å². The highest BCUT2D eigenvalue weighted by molar-refractivity contribution is 5.88. The third-order valence-corrected chi connectivity index (χ3v) is 3.22. The zero-order valence-corrected chi connectivity index (χ0v) is 11.5. The highest BCUT2D eigenvalue weighted by atomic mass is 16.5. The molecule has 6 heteroatoms. The molecule has 108 valence electrons. The minimum absolute atomic E-state index is 0.0580. The van der Waals surface area contributed by atoms with Crippen LogP contribution in [0.2, 0.25) is 0 Å². The van der Waals surface area contributed by atoms with Crippen molar-refractivity contribution in [1.82, 2.24) is 15.5 Å². The number of carbonyl (C=O) groups excluding carboxylic acids is 2. The van der Waals surface area contributed by atoms with Crippen molar-refractivity contribution in [3.63, 3.8) is 0 Å². The van der Waals surface area contributed by atoms with Crippen LogP contribution in [-0.2, 0) is 9.59 Å². The monoisotopic (exact) mass is 277 g/mol. The number of ether oxygens (including phenoxy) is 1. The SMILES string of the molecule is CNC(=O)C1CNCCN1C(=O)COc1ccccc1. The van der Waals surface area contributed by atoms with Crippen molar-refractivity contribution in [1.29, 1.82) is 0 Å². The van der Waals surface area contributed by atoms with Gasteiger partial charge < -0.3 is 20.3 Å². The van der Waals surface area contributed by atoms with Gasteiger partial charge in [0.15, 0.2) is 6.61 Å². The zero-order valence-electron chi connectivity index (χ0n) is 11.5. The predicted molar refractivity (Wildman–Crippen MR) is 74.4 cm³/mol. The minimum Gasteiger partial charge on any atom is -0.484 e. The van der Waals surface area contributed by atoms with Gasteiger partial charge >= 0.3 is 0 Å². The quantitative estimate of drug-likeness (QED) is 0.786. The normalized spacial score (nSPS) is 18.4. The predicted octanol–water partition coefficient (Wildman–Crippen LogP) is -0.388. The lowest BCUT2D eigenvalue weighted by Crippen LogP contribution is -2.60. The van der Waals surface area contributed by atoms with Crippen LogP contribution in [0.3, 0.4) is 0 Å². The minimum atomic E-state index is -0.472. The van der Waals surface area contributed by atoms with E-state index in [0.717, 1.165) is 0 Å². The van der Waals surface area contributed by atoms with Crippen molar-refractivity contribution in [3.8, 4) is 5.75 Å². The van der Waals surface area contributed by atoms with Crippen LogP contribution in [0, 0.1) is 0 Å². The smallest absolute Gasteiger partial charge is 0.261 e. The second-order valence-corrected chi connectivity index (χ2v) is 4.52. The topological polar surface area (TPSA) is 70.7 Å². The van der Waals surface area contributed by atoms with Crippen LogP contribution in [0.1, 0.15) is 0 Å². The average molecular weight is 277 g/mol. The number of hydrogen-bond donors (Lipinski definition) is 2. The van der Waals surface area contributed by atoms with Gasteiger partial charge in [0.2, 0.25) is 5.91 Å². The molecule has 1 aliphatic rings. The maximum Gasteiger partial charge on any atom is 0.261 e. The number of piperazine rings is 1. The summed E-state index contributed by atoms with van der Waals surface area (Å²) in [6.07, 6.45) is 0. The standard InChI is InChI=1S/C14H19N3O3/c1-15-14(19)12-9-16-7-8-17(12)13(18)10-20-11-5-3-2-4-6-11/h2-6,12,16H,7-10H2,1H3,(H,15,19). The molecule has 0 radical (unpaired) electrons. The summed E-state index contributed by atoms with van der Waals surface area (Å²) in [7, 11) is 1.57. The summed E-state index contributed by atoms with van der Waals surface area (Å²) < 4.78 is 5.44. The van der Waals surface area contributed by atoms with Gasteiger partial charge in [-0.05, 0) is 12.1 Å². The van der Waals surface area contributed by atoms with E-state index >= 15 is 0 Å². The Morgan fingerprint density at radius 3 is 2.85 bits per heavy atom. The lowest BCUT2D eigenvalue weighted by Gasteiger charge is -2.34. The van der Waals surface area contributed by atoms with Gasteiger partial charge in [0.25, 0.3) is 5.91 Å². The molecule has 1 aromatic carbocycles. The molecule has 0 bridgehead atoms. The molecule has 2 N–H and O–H groups in total. The number of amides is 2. The van der Waals surface area contributed by atoms with Gasteiger partial charge in [0, 0.05) is 26.7 Å². The molecule has 1 saturated heterocycles. The van der Waals surface area contributed by atoms with Crippen molar-refractivity contribution < 1.29 is 14.3 Å². The van der Waals surface area contributed by atoms with Crippen LogP contribution < -0.4 is 15.4 Å². The molecule has 1 aliphatic heterocycles. The molecule has 0 spiro atoms. The average Bonchev–Trinajstić information content (AvgIpc) is 2.52. The molecule has 1 unspecified atom stereocenters. The third kappa shape index (κ3) is 3.48. The Hall–Kier alpha value is -2.08. The first-order valence-electron chi connectivity index (χ1n) is 6.62. The fourth-order valence-corrected chi connectivity index (χ4v) is 2.15. The van der Waals surface area contributed by atoms with Crippen LogP contribution >= 0.6 is 0 Å². The molecule has 1 heterocycles. The lowest BCUT2D eigenvalue weighted by molar-refractivity contribution is -0.142. The van der Waals surface area contributed by atoms with E-state index in [4.69, 9.17) is 4.74 Å². The van der Waals surface area contributed by atoms with E-state index in [1.54, 1.807) is 24.1 Å². The Bertz CT molecular complexity index is 464. The summed E-state index contributed by atoms with van der Waals surface area (Å²) in [6.45, 7) is 1.61. The molecule has 1 aromatic rings. The third-order valence-electron chi connectivity index (χ3n) is 3.22. The first kappa shape index (κ1) is 14.3. The number of para-hydroxylation sites is 1. The number of carbonyl (C=O) groups is 2. The molecule has 6 nitrogen and oxygen atoms in total. The summed E-state index contributed by atoms with van der Waals surface area (Å²) in [4.78, 5) is 25.5. The molecule has 0 saturated carbocycles. The summed E-state index contributed by atoms with van der Waals surface area (Å²) in [5.41, 5.74) is 0. The zero-order chi connectivity index (χ0) is 14.4. The summed E-state index contributed by atoms with van der Waals surface area (Å²) in [6, 6.07) is 8.69. The molecular formula is C14H19N3O3. The molecule has 1 atom stereocenters. The van der Waals surface area contributed by atoms with Crippen LogP contribution in [0.25, 0.3) is 0 Å². The molecule has 20 heavy (non-hydrogen) atoms. The van der Waals surface area contributed by atoms with Crippen molar-refractivity contribution >= 4 is 11.8 Å². The number of nitrogens with one attached hydrogen (secondary N) is 2. The van der Waals surface area contributed by atoms with Gasteiger partial charge in [-0.2, -0.15) is 0 Å². The van der Waals surface area contributed by atoms with Crippen molar-refractivity contribution in [2.45, 2.75) is 6.04 Å². The number of nitrogens with zero attached hydrogens (tertiary/aromatic N) is 1. The Morgan fingerprint density at radius 1 is 1.40 bits per heavy atom. The van der Waals surface area contributed by atoms with Crippen LogP contribution in [0.15, 0.2) is 30.3 Å². The highest BCUT2D eigenvalue weighted by Crippen LogP contribution is 2.10. The summed E-state index contributed by atoms with van der Waals surface area (Å²) >= 11 is 0. The lowest BCUT2D eigenvalue weighted by atomic mass is 10.1. The maximum atomic E-state index is 12.2. The number of likely N-dealkylation sites (N-methyl/N-ethyl adjacent to an activating group) is 1. The Balaban J connectivity index is 1.94. The first-order chi connectivity index (χ1) is 9.72. The Kier molecular flexibility index (Phi) is 4.95. The van der Waals surface area contributed by atoms with Crippen LogP contribution in [-0.4, -0.2) is 56.0 Å². The highest BCUT2D eigenvalue weighted by Gasteiger charge is 2.31. The second-order valence-electron chi connectivity index (χ2n) is 4.52. The second kappa shape index (κ2) is 6.91. The van der Waals surface area contributed by atoms with Gasteiger partial charge in [0.05, 0.1) is 0 Å². The first-order valence-corrected chi connectivity index (χ1v) is 6.62. The van der Waals surface area contributed by atoms with Gasteiger partial charge in [-0.1, -0.05) is 18.2 Å². The van der Waals surface area contributed by atoms with Crippen LogP contribution in [0.4, 0.5) is 0 Å². The van der Waals surface area contributed by atoms with E-state index in [1.165, 1.54) is 0 Å². The fraction of sp³-hybridized carbons (Fsp3) is 0.429. The van der Waals surface area contributed by atoms with Gasteiger partial charge in [-0.25, -0.2) is 0 Å². The largest absolute Gasteiger partial charge is 0.484 e. The van der Waals surface area contributed by atoms with Crippen molar-refractivity contribution in [2.75, 3.05) is 33.3 Å². The van der Waals surface area contributed by atoms with E-state index < -0.39 is 6.04 Å². The molecule has 1 fully saturated rings. The van der Waals surface area contributed by atoms with Gasteiger partial charge in [0.1, 0.15) is 11.8 Å². The van der Waals surface area contributed by atoms with E-state index in [0.29, 0.717) is 25.4 Å². The fourth-order valence-electron chi connectivity index (χ4n) is 2.15. The molecule has 0 aliphatic carbocycles. The molecular weight excluding hydrogens is 258 g/mol. The Morgan fingerprint density at radius 2 is 2.15 bits per heavy atom. The van der Waals surface area contributed by atoms with E-state index in [-0.39, 0.29) is 18.4 Å². The molecule has 2 amide bonds. The molecule has 2 rings (SSSR count). The van der Waals surface area contributed by atoms with E-state index in [1.807, 2.05) is 18.2 Å². The van der Waals surface area contributed by atoms with E-state index in [2.05, 4.69) is 10.6 Å². The van der Waals surface area contributed by atoms with Crippen LogP contribution in [0.5, 0.6) is 5.75 Å². The number of benzene rings is 1. The van der Waals surface area contributed by atoms with Gasteiger partial charge in [-0.15, -0.1) is 0 Å².